The van der Waals surface area contributed by atoms with E-state index in [0.717, 1.165) is 43.2 Å². The summed E-state index contributed by atoms with van der Waals surface area (Å²) in [5.41, 5.74) is 6.09. The Morgan fingerprint density at radius 3 is 2.53 bits per heavy atom. The molecule has 2 aliphatic heterocycles. The number of benzene rings is 1. The molecule has 2 aromatic heterocycles. The summed E-state index contributed by atoms with van der Waals surface area (Å²) in [5, 5.41) is 0.576. The number of ether oxygens (including phenoxy) is 2. The first kappa shape index (κ1) is 19.1. The number of rotatable bonds is 6. The van der Waals surface area contributed by atoms with Crippen LogP contribution >= 0.6 is 11.3 Å². The van der Waals surface area contributed by atoms with Gasteiger partial charge < -0.3 is 20.1 Å². The molecule has 8 nitrogen and oxygen atoms in total. The quantitative estimate of drug-likeness (QED) is 0.653. The van der Waals surface area contributed by atoms with Crippen LogP contribution in [0.2, 0.25) is 0 Å². The molecule has 0 radical (unpaired) electrons. The molecule has 30 heavy (non-hydrogen) atoms. The topological polar surface area (TPSA) is 93.8 Å². The molecule has 0 bridgehead atoms. The maximum absolute atomic E-state index is 11.3. The van der Waals surface area contributed by atoms with Crippen molar-refractivity contribution in [2.45, 2.75) is 0 Å². The van der Waals surface area contributed by atoms with Crippen molar-refractivity contribution in [3.05, 3.63) is 42.6 Å². The fraction of sp³-hybridized carbons (Fsp3) is 0.381. The molecule has 0 spiro atoms. The smallest absolute Gasteiger partial charge is 0.314 e. The SMILES string of the molecule is NC(=O)N1CC2CN(CCOc3ccc(Oc4nc5ncccc5s4)cc3)CC2C1. The van der Waals surface area contributed by atoms with Gasteiger partial charge in [0, 0.05) is 38.9 Å². The first-order chi connectivity index (χ1) is 14.6. The lowest BCUT2D eigenvalue weighted by atomic mass is 10.0. The van der Waals surface area contributed by atoms with Crippen molar-refractivity contribution in [3.63, 3.8) is 0 Å². The number of nitrogens with zero attached hydrogens (tertiary/aromatic N) is 4. The van der Waals surface area contributed by atoms with Crippen LogP contribution in [0.5, 0.6) is 16.7 Å². The van der Waals surface area contributed by atoms with E-state index in [-0.39, 0.29) is 6.03 Å². The number of thiazole rings is 1. The van der Waals surface area contributed by atoms with E-state index < -0.39 is 0 Å². The van der Waals surface area contributed by atoms with Crippen LogP contribution in [-0.2, 0) is 0 Å². The molecule has 9 heteroatoms. The number of carbonyl (C=O) groups excluding carboxylic acids is 1. The summed E-state index contributed by atoms with van der Waals surface area (Å²) in [5.74, 6) is 2.60. The molecule has 2 amide bonds. The second-order valence-corrected chi connectivity index (χ2v) is 8.74. The van der Waals surface area contributed by atoms with E-state index in [0.29, 0.717) is 35.0 Å². The molecule has 2 N–H and O–H groups in total. The van der Waals surface area contributed by atoms with Gasteiger partial charge in [0.1, 0.15) is 18.1 Å². The molecular weight excluding hydrogens is 402 g/mol. The van der Waals surface area contributed by atoms with Crippen LogP contribution in [-0.4, -0.2) is 65.1 Å². The highest BCUT2D eigenvalue weighted by molar-refractivity contribution is 7.20. The Labute approximate surface area is 178 Å². The molecule has 2 aliphatic rings. The fourth-order valence-electron chi connectivity index (χ4n) is 4.24. The Hall–Kier alpha value is -2.91. The first-order valence-electron chi connectivity index (χ1n) is 10.0. The number of likely N-dealkylation sites (tertiary alicyclic amines) is 2. The van der Waals surface area contributed by atoms with Crippen molar-refractivity contribution in [1.82, 2.24) is 19.8 Å². The molecule has 156 valence electrons. The maximum Gasteiger partial charge on any atom is 0.314 e. The zero-order valence-corrected chi connectivity index (χ0v) is 17.3. The minimum absolute atomic E-state index is 0.300. The molecule has 2 fully saturated rings. The van der Waals surface area contributed by atoms with E-state index in [1.165, 1.54) is 11.3 Å². The van der Waals surface area contributed by atoms with Crippen molar-refractivity contribution in [2.75, 3.05) is 39.3 Å². The molecule has 3 aromatic rings. The van der Waals surface area contributed by atoms with Gasteiger partial charge in [-0.05, 0) is 48.2 Å². The number of hydrogen-bond donors (Lipinski definition) is 1. The highest BCUT2D eigenvalue weighted by atomic mass is 32.1. The number of pyridine rings is 1. The Morgan fingerprint density at radius 1 is 1.10 bits per heavy atom. The minimum Gasteiger partial charge on any atom is -0.492 e. The Balaban J connectivity index is 1.08. The summed E-state index contributed by atoms with van der Waals surface area (Å²) >= 11 is 1.47. The van der Waals surface area contributed by atoms with Crippen LogP contribution in [0.1, 0.15) is 0 Å². The zero-order chi connectivity index (χ0) is 20.5. The highest BCUT2D eigenvalue weighted by Gasteiger charge is 2.40. The van der Waals surface area contributed by atoms with Crippen LogP contribution < -0.4 is 15.2 Å². The lowest BCUT2D eigenvalue weighted by Crippen LogP contribution is -2.37. The number of carbonyl (C=O) groups is 1. The van der Waals surface area contributed by atoms with Crippen molar-refractivity contribution in [3.8, 4) is 16.7 Å². The molecule has 2 atom stereocenters. The van der Waals surface area contributed by atoms with Gasteiger partial charge >= 0.3 is 6.03 Å². The van der Waals surface area contributed by atoms with Crippen molar-refractivity contribution in [2.24, 2.45) is 17.6 Å². The average molecular weight is 426 g/mol. The zero-order valence-electron chi connectivity index (χ0n) is 16.4. The molecular formula is C21H23N5O3S. The Morgan fingerprint density at radius 2 is 1.83 bits per heavy atom. The number of hydrogen-bond acceptors (Lipinski definition) is 7. The highest BCUT2D eigenvalue weighted by Crippen LogP contribution is 2.32. The average Bonchev–Trinajstić information content (AvgIpc) is 3.41. The number of nitrogens with two attached hydrogens (primary N) is 1. The van der Waals surface area contributed by atoms with Gasteiger partial charge in [-0.2, -0.15) is 4.98 Å². The molecule has 2 saturated heterocycles. The lowest BCUT2D eigenvalue weighted by molar-refractivity contribution is 0.200. The monoisotopic (exact) mass is 425 g/mol. The largest absolute Gasteiger partial charge is 0.492 e. The van der Waals surface area contributed by atoms with E-state index in [2.05, 4.69) is 14.9 Å². The molecule has 4 heterocycles. The van der Waals surface area contributed by atoms with Crippen molar-refractivity contribution in [1.29, 1.82) is 0 Å². The predicted octanol–water partition coefficient (Wildman–Crippen LogP) is 2.80. The van der Waals surface area contributed by atoms with Gasteiger partial charge in [-0.15, -0.1) is 0 Å². The standard InChI is InChI=1S/C21H23N5O3S/c22-20(27)26-12-14-10-25(11-15(14)13-26)8-9-28-16-3-5-17(6-4-16)29-21-24-19-18(30-21)2-1-7-23-19/h1-7,14-15H,8-13H2,(H2,22,27). The Kier molecular flexibility index (Phi) is 5.14. The third-order valence-electron chi connectivity index (χ3n) is 5.72. The minimum atomic E-state index is -0.300. The third-order valence-corrected chi connectivity index (χ3v) is 6.61. The fourth-order valence-corrected chi connectivity index (χ4v) is 5.04. The molecule has 2 unspecified atom stereocenters. The van der Waals surface area contributed by atoms with Crippen LogP contribution in [0.25, 0.3) is 10.3 Å². The summed E-state index contributed by atoms with van der Waals surface area (Å²) in [6, 6.07) is 11.1. The summed E-state index contributed by atoms with van der Waals surface area (Å²) < 4.78 is 12.7. The van der Waals surface area contributed by atoms with Gasteiger partial charge in [-0.3, -0.25) is 4.90 Å². The summed E-state index contributed by atoms with van der Waals surface area (Å²) in [4.78, 5) is 24.1. The Bertz CT molecular complexity index is 994. The first-order valence-corrected chi connectivity index (χ1v) is 10.8. The van der Waals surface area contributed by atoms with Gasteiger partial charge in [0.15, 0.2) is 5.65 Å². The second kappa shape index (κ2) is 8.08. The van der Waals surface area contributed by atoms with Crippen LogP contribution in [0.15, 0.2) is 42.6 Å². The number of aromatic nitrogens is 2. The molecule has 0 aliphatic carbocycles. The van der Waals surface area contributed by atoms with Gasteiger partial charge in [-0.25, -0.2) is 9.78 Å². The molecule has 1 aromatic carbocycles. The molecule has 5 rings (SSSR count). The number of urea groups is 1. The van der Waals surface area contributed by atoms with E-state index in [9.17, 15) is 4.79 Å². The van der Waals surface area contributed by atoms with Gasteiger partial charge in [0.25, 0.3) is 5.19 Å². The van der Waals surface area contributed by atoms with Crippen LogP contribution in [0, 0.1) is 11.8 Å². The maximum atomic E-state index is 11.3. The summed E-state index contributed by atoms with van der Waals surface area (Å²) in [6.07, 6.45) is 1.72. The van der Waals surface area contributed by atoms with Gasteiger partial charge in [0.2, 0.25) is 0 Å². The van der Waals surface area contributed by atoms with Crippen molar-refractivity contribution < 1.29 is 14.3 Å². The predicted molar refractivity (Wildman–Crippen MR) is 114 cm³/mol. The van der Waals surface area contributed by atoms with E-state index in [4.69, 9.17) is 15.2 Å². The van der Waals surface area contributed by atoms with Crippen LogP contribution in [0.4, 0.5) is 4.79 Å². The second-order valence-electron chi connectivity index (χ2n) is 7.75. The number of fused-ring (bicyclic) bond motifs is 2. The van der Waals surface area contributed by atoms with E-state index in [1.807, 2.05) is 36.4 Å². The molecule has 0 saturated carbocycles. The third kappa shape index (κ3) is 4.03. The normalized spacial score (nSPS) is 21.1. The number of primary amides is 1. The van der Waals surface area contributed by atoms with Gasteiger partial charge in [-0.1, -0.05) is 11.3 Å². The van der Waals surface area contributed by atoms with Crippen LogP contribution in [0.3, 0.4) is 0 Å². The van der Waals surface area contributed by atoms with Crippen molar-refractivity contribution >= 4 is 27.7 Å². The van der Waals surface area contributed by atoms with E-state index in [1.54, 1.807) is 11.1 Å². The lowest BCUT2D eigenvalue weighted by Gasteiger charge is -2.20. The summed E-state index contributed by atoms with van der Waals surface area (Å²) in [7, 11) is 0. The van der Waals surface area contributed by atoms with Gasteiger partial charge in [0.05, 0.1) is 4.70 Å². The summed E-state index contributed by atoms with van der Waals surface area (Å²) in [6.45, 7) is 5.07. The number of amides is 2. The van der Waals surface area contributed by atoms with E-state index >= 15 is 0 Å².